The number of ether oxygens (including phenoxy) is 1. The molecule has 1 aromatic carbocycles. The van der Waals surface area contributed by atoms with Gasteiger partial charge in [0.25, 0.3) is 0 Å². The summed E-state index contributed by atoms with van der Waals surface area (Å²) in [6.07, 6.45) is 1.75. The molecule has 1 N–H and O–H groups in total. The van der Waals surface area contributed by atoms with E-state index in [0.717, 1.165) is 25.0 Å². The van der Waals surface area contributed by atoms with Crippen molar-refractivity contribution in [2.24, 2.45) is 0 Å². The number of nitrogens with one attached hydrogen (secondary N) is 1. The molecule has 0 saturated carbocycles. The van der Waals surface area contributed by atoms with Crippen LogP contribution in [0.15, 0.2) is 16.6 Å². The smallest absolute Gasteiger partial charge is 0.147 e. The molecule has 1 aromatic rings. The molecule has 0 unspecified atom stereocenters. The lowest BCUT2D eigenvalue weighted by atomic mass is 10.2. The third-order valence-electron chi connectivity index (χ3n) is 2.10. The molecule has 0 aliphatic heterocycles. The Morgan fingerprint density at radius 3 is 2.69 bits per heavy atom. The molecule has 0 spiro atoms. The number of unbranched alkanes of at least 4 members (excludes halogenated alkanes) is 1. The first kappa shape index (κ1) is 13.4. The maximum absolute atomic E-state index is 13.3. The van der Waals surface area contributed by atoms with Gasteiger partial charge < -0.3 is 10.1 Å². The van der Waals surface area contributed by atoms with E-state index in [4.69, 9.17) is 4.74 Å². The Morgan fingerprint density at radius 1 is 1.25 bits per heavy atom. The number of halogens is 3. The molecule has 5 heteroatoms. The lowest BCUT2D eigenvalue weighted by molar-refractivity contribution is 0.194. The van der Waals surface area contributed by atoms with Crippen molar-refractivity contribution in [3.63, 3.8) is 0 Å². The molecular formula is C11H14BrF2NO. The van der Waals surface area contributed by atoms with Gasteiger partial charge in [-0.15, -0.1) is 0 Å². The van der Waals surface area contributed by atoms with E-state index in [1.807, 2.05) is 0 Å². The maximum atomic E-state index is 13.3. The van der Waals surface area contributed by atoms with Crippen molar-refractivity contribution >= 4 is 21.6 Å². The summed E-state index contributed by atoms with van der Waals surface area (Å²) in [5.74, 6) is -0.930. The third-order valence-corrected chi connectivity index (χ3v) is 2.71. The van der Waals surface area contributed by atoms with Gasteiger partial charge in [-0.25, -0.2) is 8.78 Å². The minimum absolute atomic E-state index is 0.134. The first-order chi connectivity index (χ1) is 7.65. The highest BCUT2D eigenvalue weighted by atomic mass is 79.9. The quantitative estimate of drug-likeness (QED) is 0.640. The fraction of sp³-hybridized carbons (Fsp3) is 0.455. The van der Waals surface area contributed by atoms with Crippen molar-refractivity contribution in [1.29, 1.82) is 0 Å². The Morgan fingerprint density at radius 2 is 2.00 bits per heavy atom. The molecule has 0 aliphatic carbocycles. The lowest BCUT2D eigenvalue weighted by Crippen LogP contribution is -2.05. The molecule has 90 valence electrons. The van der Waals surface area contributed by atoms with Crippen LogP contribution in [-0.4, -0.2) is 20.3 Å². The zero-order valence-corrected chi connectivity index (χ0v) is 10.6. The Kier molecular flexibility index (Phi) is 5.69. The second-order valence-corrected chi connectivity index (χ2v) is 4.23. The highest BCUT2D eigenvalue weighted by molar-refractivity contribution is 9.10. The van der Waals surface area contributed by atoms with Crippen LogP contribution in [0, 0.1) is 11.6 Å². The summed E-state index contributed by atoms with van der Waals surface area (Å²) in [6.45, 7) is 1.28. The van der Waals surface area contributed by atoms with Gasteiger partial charge in [0.15, 0.2) is 0 Å². The minimum Gasteiger partial charge on any atom is -0.385 e. The second-order valence-electron chi connectivity index (χ2n) is 3.37. The summed E-state index contributed by atoms with van der Waals surface area (Å²) in [5, 5.41) is 2.85. The molecule has 0 atom stereocenters. The zero-order chi connectivity index (χ0) is 12.0. The van der Waals surface area contributed by atoms with E-state index < -0.39 is 11.6 Å². The van der Waals surface area contributed by atoms with Gasteiger partial charge in [-0.3, -0.25) is 0 Å². The van der Waals surface area contributed by atoms with Gasteiger partial charge in [0, 0.05) is 26.3 Å². The summed E-state index contributed by atoms with van der Waals surface area (Å²) in [6, 6.07) is 2.27. The topological polar surface area (TPSA) is 21.3 Å². The molecule has 2 nitrogen and oxygen atoms in total. The molecule has 0 aromatic heterocycles. The van der Waals surface area contributed by atoms with E-state index in [2.05, 4.69) is 21.2 Å². The first-order valence-electron chi connectivity index (χ1n) is 5.02. The van der Waals surface area contributed by atoms with Gasteiger partial charge in [-0.1, -0.05) is 0 Å². The van der Waals surface area contributed by atoms with Crippen molar-refractivity contribution in [3.05, 3.63) is 28.2 Å². The van der Waals surface area contributed by atoms with Crippen LogP contribution in [0.3, 0.4) is 0 Å². The Hall–Kier alpha value is -0.680. The number of rotatable bonds is 6. The number of benzene rings is 1. The minimum atomic E-state index is -0.471. The summed E-state index contributed by atoms with van der Waals surface area (Å²) in [7, 11) is 1.64. The van der Waals surface area contributed by atoms with E-state index in [1.54, 1.807) is 7.11 Å². The molecule has 0 bridgehead atoms. The maximum Gasteiger partial charge on any atom is 0.147 e. The van der Waals surface area contributed by atoms with Crippen LogP contribution in [0.2, 0.25) is 0 Å². The number of hydrogen-bond acceptors (Lipinski definition) is 2. The van der Waals surface area contributed by atoms with E-state index in [1.165, 1.54) is 0 Å². The number of methoxy groups -OCH3 is 1. The number of hydrogen-bond donors (Lipinski definition) is 1. The summed E-state index contributed by atoms with van der Waals surface area (Å²) >= 11 is 2.92. The first-order valence-corrected chi connectivity index (χ1v) is 5.82. The molecule has 0 heterocycles. The van der Waals surface area contributed by atoms with Gasteiger partial charge in [0.1, 0.15) is 11.6 Å². The van der Waals surface area contributed by atoms with Crippen molar-refractivity contribution < 1.29 is 13.5 Å². The second kappa shape index (κ2) is 6.81. The largest absolute Gasteiger partial charge is 0.385 e. The average molecular weight is 294 g/mol. The molecule has 0 radical (unpaired) electrons. The van der Waals surface area contributed by atoms with Crippen LogP contribution in [0.1, 0.15) is 12.8 Å². The summed E-state index contributed by atoms with van der Waals surface area (Å²) < 4.78 is 31.5. The highest BCUT2D eigenvalue weighted by Crippen LogP contribution is 2.23. The molecule has 0 saturated heterocycles. The molecule has 0 amide bonds. The van der Waals surface area contributed by atoms with Crippen LogP contribution in [0.5, 0.6) is 0 Å². The highest BCUT2D eigenvalue weighted by Gasteiger charge is 2.07. The predicted octanol–water partition coefficient (Wildman–Crippen LogP) is 3.57. The lowest BCUT2D eigenvalue weighted by Gasteiger charge is -2.08. The molecule has 0 aliphatic rings. The fourth-order valence-electron chi connectivity index (χ4n) is 1.25. The molecular weight excluding hydrogens is 280 g/mol. The van der Waals surface area contributed by atoms with Gasteiger partial charge in [-0.05, 0) is 34.8 Å². The van der Waals surface area contributed by atoms with Crippen molar-refractivity contribution in [2.75, 3.05) is 25.6 Å². The molecule has 1 rings (SSSR count). The van der Waals surface area contributed by atoms with Crippen molar-refractivity contribution in [3.8, 4) is 0 Å². The van der Waals surface area contributed by atoms with Crippen LogP contribution in [-0.2, 0) is 4.74 Å². The van der Waals surface area contributed by atoms with E-state index >= 15 is 0 Å². The predicted molar refractivity (Wildman–Crippen MR) is 63.7 cm³/mol. The van der Waals surface area contributed by atoms with Crippen molar-refractivity contribution in [2.45, 2.75) is 12.8 Å². The Bertz CT molecular complexity index is 347. The Labute approximate surface area is 102 Å². The summed E-state index contributed by atoms with van der Waals surface area (Å²) in [5.41, 5.74) is 0.193. The monoisotopic (exact) mass is 293 g/mol. The van der Waals surface area contributed by atoms with Crippen LogP contribution in [0.25, 0.3) is 0 Å². The van der Waals surface area contributed by atoms with Crippen LogP contribution >= 0.6 is 15.9 Å². The molecule has 0 fully saturated rings. The zero-order valence-electron chi connectivity index (χ0n) is 9.03. The van der Waals surface area contributed by atoms with Gasteiger partial charge >= 0.3 is 0 Å². The van der Waals surface area contributed by atoms with E-state index in [9.17, 15) is 8.78 Å². The van der Waals surface area contributed by atoms with E-state index in [-0.39, 0.29) is 10.2 Å². The number of anilines is 1. The summed E-state index contributed by atoms with van der Waals surface area (Å²) in [4.78, 5) is 0. The molecule has 16 heavy (non-hydrogen) atoms. The average Bonchev–Trinajstić information content (AvgIpc) is 2.25. The Balaban J connectivity index is 2.45. The van der Waals surface area contributed by atoms with Crippen LogP contribution in [0.4, 0.5) is 14.5 Å². The van der Waals surface area contributed by atoms with Crippen molar-refractivity contribution in [1.82, 2.24) is 0 Å². The third kappa shape index (κ3) is 4.06. The van der Waals surface area contributed by atoms with Crippen LogP contribution < -0.4 is 5.32 Å². The standard InChI is InChI=1S/C11H14BrF2NO/c1-16-5-3-2-4-15-11-7-9(13)8(12)6-10(11)14/h6-7,15H,2-5H2,1H3. The van der Waals surface area contributed by atoms with Gasteiger partial charge in [0.05, 0.1) is 10.2 Å². The van der Waals surface area contributed by atoms with Gasteiger partial charge in [-0.2, -0.15) is 0 Å². The van der Waals surface area contributed by atoms with E-state index in [0.29, 0.717) is 13.2 Å². The SMILES string of the molecule is COCCCCNc1cc(F)c(Br)cc1F. The van der Waals surface area contributed by atoms with Gasteiger partial charge in [0.2, 0.25) is 0 Å². The fourth-order valence-corrected chi connectivity index (χ4v) is 1.57. The normalized spacial score (nSPS) is 10.5.